The first-order chi connectivity index (χ1) is 22.8. The van der Waals surface area contributed by atoms with Gasteiger partial charge in [-0.1, -0.05) is 91.0 Å². The van der Waals surface area contributed by atoms with Gasteiger partial charge in [0.25, 0.3) is 0 Å². The van der Waals surface area contributed by atoms with Crippen LogP contribution < -0.4 is 4.90 Å². The van der Waals surface area contributed by atoms with Crippen LogP contribution in [0.15, 0.2) is 159 Å². The lowest BCUT2D eigenvalue weighted by molar-refractivity contribution is 0.660. The molecule has 1 atom stereocenters. The Bertz CT molecular complexity index is 2670. The summed E-state index contributed by atoms with van der Waals surface area (Å²) >= 11 is 0. The monoisotopic (exact) mass is 593 g/mol. The van der Waals surface area contributed by atoms with Gasteiger partial charge in [0.2, 0.25) is 0 Å². The molecular formula is C42H27NO3. The third-order valence-electron chi connectivity index (χ3n) is 9.37. The fourth-order valence-electron chi connectivity index (χ4n) is 7.31. The van der Waals surface area contributed by atoms with Gasteiger partial charge in [0.05, 0.1) is 11.4 Å². The Morgan fingerprint density at radius 2 is 1.22 bits per heavy atom. The molecule has 1 unspecified atom stereocenters. The minimum Gasteiger partial charge on any atom is -0.456 e. The summed E-state index contributed by atoms with van der Waals surface area (Å²) in [4.78, 5) is 2.40. The molecule has 6 aromatic carbocycles. The number of hydrogen-bond acceptors (Lipinski definition) is 4. The second-order valence-corrected chi connectivity index (χ2v) is 12.0. The molecule has 0 amide bonds. The normalized spacial score (nSPS) is 14.9. The second-order valence-electron chi connectivity index (χ2n) is 12.0. The second kappa shape index (κ2) is 9.75. The number of anilines is 2. The van der Waals surface area contributed by atoms with Crippen molar-refractivity contribution >= 4 is 77.2 Å². The third-order valence-corrected chi connectivity index (χ3v) is 9.37. The van der Waals surface area contributed by atoms with Crippen LogP contribution in [0.4, 0.5) is 11.4 Å². The van der Waals surface area contributed by atoms with Crippen molar-refractivity contribution < 1.29 is 13.3 Å². The molecule has 46 heavy (non-hydrogen) atoms. The van der Waals surface area contributed by atoms with E-state index in [-0.39, 0.29) is 6.04 Å². The Labute approximate surface area is 264 Å². The molecule has 0 spiro atoms. The molecular weight excluding hydrogens is 566 g/mol. The van der Waals surface area contributed by atoms with Crippen molar-refractivity contribution in [2.45, 2.75) is 12.5 Å². The topological polar surface area (TPSA) is 42.7 Å². The summed E-state index contributed by atoms with van der Waals surface area (Å²) in [5, 5.41) is 6.29. The molecule has 0 fully saturated rings. The van der Waals surface area contributed by atoms with Gasteiger partial charge in [0, 0.05) is 43.9 Å². The van der Waals surface area contributed by atoms with E-state index >= 15 is 0 Å². The Hall–Kier alpha value is -6.00. The van der Waals surface area contributed by atoms with Crippen LogP contribution in [0.2, 0.25) is 0 Å². The lowest BCUT2D eigenvalue weighted by atomic mass is 9.97. The smallest absolute Gasteiger partial charge is 0.147 e. The van der Waals surface area contributed by atoms with Crippen LogP contribution in [0.25, 0.3) is 76.9 Å². The maximum atomic E-state index is 6.68. The zero-order chi connectivity index (χ0) is 30.2. The Morgan fingerprint density at radius 3 is 2.02 bits per heavy atom. The van der Waals surface area contributed by atoms with E-state index in [1.165, 1.54) is 5.69 Å². The first-order valence-corrected chi connectivity index (χ1v) is 15.7. The lowest BCUT2D eigenvalue weighted by Crippen LogP contribution is -2.29. The highest BCUT2D eigenvalue weighted by Gasteiger charge is 2.24. The molecule has 3 heterocycles. The first kappa shape index (κ1) is 25.3. The fraction of sp³-hybridized carbons (Fsp3) is 0.0476. The summed E-state index contributed by atoms with van der Waals surface area (Å²) in [6.07, 6.45) is 9.71. The number of furan rings is 3. The molecule has 4 heteroatoms. The number of para-hydroxylation sites is 3. The van der Waals surface area contributed by atoms with E-state index in [0.717, 1.165) is 89.1 Å². The summed E-state index contributed by atoms with van der Waals surface area (Å²) in [5.74, 6) is 0. The molecule has 0 saturated carbocycles. The minimum atomic E-state index is 0.238. The molecule has 3 aromatic heterocycles. The molecule has 0 saturated heterocycles. The highest BCUT2D eigenvalue weighted by Crippen LogP contribution is 2.47. The van der Waals surface area contributed by atoms with Crippen LogP contribution in [0, 0.1) is 0 Å². The van der Waals surface area contributed by atoms with E-state index in [2.05, 4.69) is 126 Å². The SMILES string of the molecule is C1=CCC(N(c2ccccc2)c2ccc(-c3cc4oc5ccc6c7ccccc7oc6c5c4c4c3oc3ccccc34)cc2)C=C1. The predicted molar refractivity (Wildman–Crippen MR) is 189 cm³/mol. The van der Waals surface area contributed by atoms with Crippen LogP contribution >= 0.6 is 0 Å². The first-order valence-electron chi connectivity index (χ1n) is 15.7. The zero-order valence-electron chi connectivity index (χ0n) is 24.8. The predicted octanol–water partition coefficient (Wildman–Crippen LogP) is 12.1. The molecule has 0 radical (unpaired) electrons. The van der Waals surface area contributed by atoms with Crippen molar-refractivity contribution in [3.8, 4) is 11.1 Å². The molecule has 0 aliphatic heterocycles. The van der Waals surface area contributed by atoms with Gasteiger partial charge in [-0.15, -0.1) is 0 Å². The number of rotatable bonds is 4. The molecule has 218 valence electrons. The number of hydrogen-bond donors (Lipinski definition) is 0. The van der Waals surface area contributed by atoms with Crippen LogP contribution in [-0.4, -0.2) is 6.04 Å². The van der Waals surface area contributed by atoms with Gasteiger partial charge in [-0.2, -0.15) is 0 Å². The highest BCUT2D eigenvalue weighted by atomic mass is 16.3. The van der Waals surface area contributed by atoms with Crippen LogP contribution in [-0.2, 0) is 0 Å². The van der Waals surface area contributed by atoms with Crippen molar-refractivity contribution in [3.05, 3.63) is 146 Å². The van der Waals surface area contributed by atoms with Crippen LogP contribution in [0.5, 0.6) is 0 Å². The summed E-state index contributed by atoms with van der Waals surface area (Å²) in [5.41, 5.74) is 9.38. The van der Waals surface area contributed by atoms with Gasteiger partial charge in [0.15, 0.2) is 0 Å². The lowest BCUT2D eigenvalue weighted by Gasteiger charge is -2.32. The molecule has 0 N–H and O–H groups in total. The molecule has 10 rings (SSSR count). The Kier molecular flexibility index (Phi) is 5.37. The largest absolute Gasteiger partial charge is 0.456 e. The van der Waals surface area contributed by atoms with Gasteiger partial charge in [-0.3, -0.25) is 0 Å². The zero-order valence-corrected chi connectivity index (χ0v) is 24.8. The van der Waals surface area contributed by atoms with Gasteiger partial charge in [-0.05, 0) is 66.6 Å². The number of allylic oxidation sites excluding steroid dienone is 2. The van der Waals surface area contributed by atoms with E-state index in [0.29, 0.717) is 0 Å². The van der Waals surface area contributed by atoms with Gasteiger partial charge < -0.3 is 18.2 Å². The van der Waals surface area contributed by atoms with Gasteiger partial charge in [0.1, 0.15) is 33.5 Å². The third kappa shape index (κ3) is 3.67. The summed E-state index contributed by atoms with van der Waals surface area (Å²) in [6, 6.07) is 42.4. The number of benzene rings is 6. The molecule has 1 aliphatic carbocycles. The van der Waals surface area contributed by atoms with Crippen LogP contribution in [0.1, 0.15) is 6.42 Å². The number of nitrogens with zero attached hydrogens (tertiary/aromatic N) is 1. The maximum absolute atomic E-state index is 6.68. The number of fused-ring (bicyclic) bond motifs is 11. The quantitative estimate of drug-likeness (QED) is 0.204. The molecule has 4 nitrogen and oxygen atoms in total. The van der Waals surface area contributed by atoms with E-state index < -0.39 is 0 Å². The van der Waals surface area contributed by atoms with Crippen molar-refractivity contribution in [3.63, 3.8) is 0 Å². The van der Waals surface area contributed by atoms with Gasteiger partial charge in [-0.25, -0.2) is 0 Å². The average molecular weight is 594 g/mol. The average Bonchev–Trinajstić information content (AvgIpc) is 3.80. The molecule has 0 bridgehead atoms. The van der Waals surface area contributed by atoms with Crippen molar-refractivity contribution in [2.75, 3.05) is 4.90 Å². The van der Waals surface area contributed by atoms with E-state index in [1.54, 1.807) is 0 Å². The summed E-state index contributed by atoms with van der Waals surface area (Å²) in [6.45, 7) is 0. The van der Waals surface area contributed by atoms with Crippen molar-refractivity contribution in [1.29, 1.82) is 0 Å². The van der Waals surface area contributed by atoms with E-state index in [4.69, 9.17) is 13.3 Å². The van der Waals surface area contributed by atoms with E-state index in [1.807, 2.05) is 24.3 Å². The Morgan fingerprint density at radius 1 is 0.500 bits per heavy atom. The molecule has 1 aliphatic rings. The van der Waals surface area contributed by atoms with Crippen molar-refractivity contribution in [1.82, 2.24) is 0 Å². The van der Waals surface area contributed by atoms with E-state index in [9.17, 15) is 0 Å². The summed E-state index contributed by atoms with van der Waals surface area (Å²) < 4.78 is 19.8. The Balaban J connectivity index is 1.21. The maximum Gasteiger partial charge on any atom is 0.147 e. The van der Waals surface area contributed by atoms with Gasteiger partial charge >= 0.3 is 0 Å². The van der Waals surface area contributed by atoms with Crippen LogP contribution in [0.3, 0.4) is 0 Å². The molecule has 9 aromatic rings. The standard InChI is InChI=1S/C42H27NO3/c1-3-11-27(12-4-1)43(28-13-5-2-6-14-28)29-21-19-26(20-22-29)33-25-37-39(38-32-16-8-10-18-35(32)46-42(33)38)40-36(44-37)24-23-31-30-15-7-9-17-34(30)45-41(31)40/h1-13,15-25,28H,14H2. The van der Waals surface area contributed by atoms with Crippen molar-refractivity contribution in [2.24, 2.45) is 0 Å². The summed E-state index contributed by atoms with van der Waals surface area (Å²) in [7, 11) is 0. The minimum absolute atomic E-state index is 0.238. The highest BCUT2D eigenvalue weighted by molar-refractivity contribution is 6.33. The fourth-order valence-corrected chi connectivity index (χ4v) is 7.31.